The second kappa shape index (κ2) is 4.21. The molecule has 4 heteroatoms. The fourth-order valence-corrected chi connectivity index (χ4v) is 1.28. The van der Waals surface area contributed by atoms with E-state index in [0.29, 0.717) is 5.56 Å². The normalized spacial score (nSPS) is 16.4. The van der Waals surface area contributed by atoms with Crippen LogP contribution in [-0.2, 0) is 0 Å². The highest BCUT2D eigenvalue weighted by Crippen LogP contribution is 2.29. The first-order valence-corrected chi connectivity index (χ1v) is 5.00. The Morgan fingerprint density at radius 1 is 1.40 bits per heavy atom. The lowest BCUT2D eigenvalue weighted by atomic mass is 10.2. The molecule has 15 heavy (non-hydrogen) atoms. The molecule has 0 heterocycles. The van der Waals surface area contributed by atoms with Crippen LogP contribution in [0.2, 0.25) is 0 Å². The Kier molecular flexibility index (Phi) is 2.76. The molecule has 0 atom stereocenters. The largest absolute Gasteiger partial charge is 0.493 e. The van der Waals surface area contributed by atoms with Crippen LogP contribution in [-0.4, -0.2) is 17.6 Å². The fourth-order valence-electron chi connectivity index (χ4n) is 1.28. The number of hydrogen-bond acceptors (Lipinski definition) is 3. The number of ether oxygens (including phenoxy) is 1. The SMILES string of the molecule is N/C(=N\O)c1ccc(OCC2CC2)cc1. The van der Waals surface area contributed by atoms with Gasteiger partial charge in [-0.3, -0.25) is 0 Å². The molecule has 1 fully saturated rings. The van der Waals surface area contributed by atoms with Crippen LogP contribution < -0.4 is 10.5 Å². The van der Waals surface area contributed by atoms with Crippen molar-refractivity contribution in [2.75, 3.05) is 6.61 Å². The molecule has 0 aliphatic heterocycles. The van der Waals surface area contributed by atoms with Crippen LogP contribution in [0.4, 0.5) is 0 Å². The highest BCUT2D eigenvalue weighted by atomic mass is 16.5. The van der Waals surface area contributed by atoms with E-state index >= 15 is 0 Å². The number of oxime groups is 1. The molecule has 1 aromatic carbocycles. The van der Waals surface area contributed by atoms with E-state index < -0.39 is 0 Å². The minimum atomic E-state index is 0.115. The Morgan fingerprint density at radius 2 is 2.07 bits per heavy atom. The summed E-state index contributed by atoms with van der Waals surface area (Å²) >= 11 is 0. The lowest BCUT2D eigenvalue weighted by Crippen LogP contribution is -2.12. The van der Waals surface area contributed by atoms with Crippen molar-refractivity contribution < 1.29 is 9.94 Å². The summed E-state index contributed by atoms with van der Waals surface area (Å²) in [4.78, 5) is 0. The molecule has 0 spiro atoms. The van der Waals surface area contributed by atoms with Crippen LogP contribution in [0.25, 0.3) is 0 Å². The number of amidine groups is 1. The van der Waals surface area contributed by atoms with Gasteiger partial charge in [0.25, 0.3) is 0 Å². The Labute approximate surface area is 88.3 Å². The van der Waals surface area contributed by atoms with Crippen molar-refractivity contribution in [1.29, 1.82) is 0 Å². The van der Waals surface area contributed by atoms with E-state index in [1.807, 2.05) is 12.1 Å². The van der Waals surface area contributed by atoms with Gasteiger partial charge in [-0.2, -0.15) is 0 Å². The van der Waals surface area contributed by atoms with E-state index in [0.717, 1.165) is 18.3 Å². The van der Waals surface area contributed by atoms with Gasteiger partial charge in [0.05, 0.1) is 6.61 Å². The summed E-state index contributed by atoms with van der Waals surface area (Å²) in [5.41, 5.74) is 6.13. The van der Waals surface area contributed by atoms with Gasteiger partial charge >= 0.3 is 0 Å². The molecule has 1 aromatic rings. The fraction of sp³-hybridized carbons (Fsp3) is 0.364. The molecule has 0 saturated heterocycles. The molecule has 0 bridgehead atoms. The van der Waals surface area contributed by atoms with E-state index in [1.54, 1.807) is 12.1 Å². The third-order valence-corrected chi connectivity index (χ3v) is 2.44. The molecular formula is C11H14N2O2. The Morgan fingerprint density at radius 3 is 2.60 bits per heavy atom. The molecule has 4 nitrogen and oxygen atoms in total. The van der Waals surface area contributed by atoms with Crippen LogP contribution in [0.15, 0.2) is 29.4 Å². The van der Waals surface area contributed by atoms with Crippen molar-refractivity contribution in [3.63, 3.8) is 0 Å². The molecule has 0 aromatic heterocycles. The molecule has 1 saturated carbocycles. The zero-order chi connectivity index (χ0) is 10.7. The highest BCUT2D eigenvalue weighted by molar-refractivity contribution is 5.97. The maximum atomic E-state index is 8.47. The maximum absolute atomic E-state index is 8.47. The van der Waals surface area contributed by atoms with Gasteiger partial charge in [0.1, 0.15) is 5.75 Å². The first-order chi connectivity index (χ1) is 7.29. The third kappa shape index (κ3) is 2.62. The molecule has 0 radical (unpaired) electrons. The van der Waals surface area contributed by atoms with Crippen LogP contribution >= 0.6 is 0 Å². The van der Waals surface area contributed by atoms with Crippen molar-refractivity contribution in [3.8, 4) is 5.75 Å². The zero-order valence-electron chi connectivity index (χ0n) is 8.39. The zero-order valence-corrected chi connectivity index (χ0v) is 8.39. The first-order valence-electron chi connectivity index (χ1n) is 5.00. The summed E-state index contributed by atoms with van der Waals surface area (Å²) in [5.74, 6) is 1.69. The number of hydrogen-bond donors (Lipinski definition) is 2. The van der Waals surface area contributed by atoms with Crippen molar-refractivity contribution >= 4 is 5.84 Å². The van der Waals surface area contributed by atoms with Gasteiger partial charge < -0.3 is 15.7 Å². The average molecular weight is 206 g/mol. The number of nitrogens with zero attached hydrogens (tertiary/aromatic N) is 1. The molecule has 80 valence electrons. The molecular weight excluding hydrogens is 192 g/mol. The van der Waals surface area contributed by atoms with Gasteiger partial charge in [-0.05, 0) is 43.0 Å². The number of benzene rings is 1. The van der Waals surface area contributed by atoms with Crippen molar-refractivity contribution in [2.24, 2.45) is 16.8 Å². The van der Waals surface area contributed by atoms with Gasteiger partial charge in [-0.25, -0.2) is 0 Å². The lowest BCUT2D eigenvalue weighted by Gasteiger charge is -2.05. The summed E-state index contributed by atoms with van der Waals surface area (Å²) in [7, 11) is 0. The summed E-state index contributed by atoms with van der Waals surface area (Å²) in [6, 6.07) is 7.21. The second-order valence-electron chi connectivity index (χ2n) is 3.76. The summed E-state index contributed by atoms with van der Waals surface area (Å²) < 4.78 is 5.56. The standard InChI is InChI=1S/C11H14N2O2/c12-11(13-14)9-3-5-10(6-4-9)15-7-8-1-2-8/h3-6,8,14H,1-2,7H2,(H2,12,13). The van der Waals surface area contributed by atoms with E-state index in [1.165, 1.54) is 12.8 Å². The van der Waals surface area contributed by atoms with E-state index in [-0.39, 0.29) is 5.84 Å². The highest BCUT2D eigenvalue weighted by Gasteiger charge is 2.21. The minimum Gasteiger partial charge on any atom is -0.493 e. The van der Waals surface area contributed by atoms with Gasteiger partial charge in [0.2, 0.25) is 0 Å². The Bertz CT molecular complexity index is 355. The van der Waals surface area contributed by atoms with Crippen LogP contribution in [0.3, 0.4) is 0 Å². The molecule has 0 amide bonds. The van der Waals surface area contributed by atoms with Crippen molar-refractivity contribution in [1.82, 2.24) is 0 Å². The van der Waals surface area contributed by atoms with Gasteiger partial charge in [-0.1, -0.05) is 5.16 Å². The molecule has 2 rings (SSSR count). The van der Waals surface area contributed by atoms with Crippen LogP contribution in [0.5, 0.6) is 5.75 Å². The molecule has 0 unspecified atom stereocenters. The van der Waals surface area contributed by atoms with Gasteiger partial charge in [0.15, 0.2) is 5.84 Å². The summed E-state index contributed by atoms with van der Waals surface area (Å²) in [6.07, 6.45) is 2.56. The predicted molar refractivity (Wildman–Crippen MR) is 57.2 cm³/mol. The van der Waals surface area contributed by atoms with Gasteiger partial charge in [-0.15, -0.1) is 0 Å². The number of rotatable bonds is 4. The van der Waals surface area contributed by atoms with Crippen molar-refractivity contribution in [2.45, 2.75) is 12.8 Å². The first kappa shape index (κ1) is 9.83. The predicted octanol–water partition coefficient (Wildman–Crippen LogP) is 1.57. The second-order valence-corrected chi connectivity index (χ2v) is 3.76. The Hall–Kier alpha value is -1.71. The quantitative estimate of drug-likeness (QED) is 0.340. The molecule has 3 N–H and O–H groups in total. The third-order valence-electron chi connectivity index (χ3n) is 2.44. The minimum absolute atomic E-state index is 0.115. The summed E-state index contributed by atoms with van der Waals surface area (Å²) in [5, 5.41) is 11.4. The van der Waals surface area contributed by atoms with E-state index in [2.05, 4.69) is 5.16 Å². The Balaban J connectivity index is 1.96. The lowest BCUT2D eigenvalue weighted by molar-refractivity contribution is 0.299. The van der Waals surface area contributed by atoms with Crippen LogP contribution in [0.1, 0.15) is 18.4 Å². The number of nitrogens with two attached hydrogens (primary N) is 1. The van der Waals surface area contributed by atoms with Crippen LogP contribution in [0, 0.1) is 5.92 Å². The monoisotopic (exact) mass is 206 g/mol. The van der Waals surface area contributed by atoms with Crippen molar-refractivity contribution in [3.05, 3.63) is 29.8 Å². The molecule has 1 aliphatic rings. The summed E-state index contributed by atoms with van der Waals surface area (Å²) in [6.45, 7) is 0.795. The van der Waals surface area contributed by atoms with E-state index in [9.17, 15) is 0 Å². The average Bonchev–Trinajstić information content (AvgIpc) is 3.10. The molecule has 1 aliphatic carbocycles. The van der Waals surface area contributed by atoms with E-state index in [4.69, 9.17) is 15.7 Å². The maximum Gasteiger partial charge on any atom is 0.170 e. The smallest absolute Gasteiger partial charge is 0.170 e. The van der Waals surface area contributed by atoms with Gasteiger partial charge in [0, 0.05) is 5.56 Å². The topological polar surface area (TPSA) is 67.8 Å².